The molecule has 1 heterocycles. The van der Waals surface area contributed by atoms with Crippen LogP contribution in [0.1, 0.15) is 10.4 Å². The third-order valence-corrected chi connectivity index (χ3v) is 8.37. The lowest BCUT2D eigenvalue weighted by Gasteiger charge is -2.32. The van der Waals surface area contributed by atoms with Gasteiger partial charge in [-0.25, -0.2) is 0 Å². The van der Waals surface area contributed by atoms with Crippen molar-refractivity contribution in [1.29, 1.82) is 0 Å². The molecule has 0 saturated heterocycles. The fraction of sp³-hybridized carbons (Fsp3) is 0.114. The summed E-state index contributed by atoms with van der Waals surface area (Å²) in [6, 6.07) is 39.5. The molecule has 6 rings (SSSR count). The maximum absolute atomic E-state index is 13.9. The Balaban J connectivity index is 1.44. The quantitative estimate of drug-likeness (QED) is 0.223. The van der Waals surface area contributed by atoms with E-state index in [2.05, 4.69) is 94.7 Å². The number of benzene rings is 5. The van der Waals surface area contributed by atoms with Crippen molar-refractivity contribution in [2.24, 2.45) is 0 Å². The van der Waals surface area contributed by atoms with Gasteiger partial charge in [-0.2, -0.15) is 0 Å². The van der Waals surface area contributed by atoms with Crippen LogP contribution in [0.15, 0.2) is 125 Å². The van der Waals surface area contributed by atoms with E-state index in [9.17, 15) is 4.79 Å². The zero-order chi connectivity index (χ0) is 27.8. The van der Waals surface area contributed by atoms with E-state index in [1.165, 1.54) is 0 Å². The van der Waals surface area contributed by atoms with E-state index in [1.807, 2.05) is 63.4 Å². The molecule has 5 heteroatoms. The average molecular weight is 542 g/mol. The highest BCUT2D eigenvalue weighted by atomic mass is 32.2. The fourth-order valence-corrected chi connectivity index (χ4v) is 6.14. The summed E-state index contributed by atoms with van der Waals surface area (Å²) >= 11 is 1.72. The molecule has 0 aliphatic carbocycles. The van der Waals surface area contributed by atoms with Crippen LogP contribution in [0.5, 0.6) is 0 Å². The van der Waals surface area contributed by atoms with Crippen molar-refractivity contribution in [2.45, 2.75) is 9.79 Å². The lowest BCUT2D eigenvalue weighted by atomic mass is 10.0. The Labute approximate surface area is 240 Å². The summed E-state index contributed by atoms with van der Waals surface area (Å²) in [5.74, 6) is -0.0328. The van der Waals surface area contributed by atoms with Gasteiger partial charge < -0.3 is 9.80 Å². The first-order valence-electron chi connectivity index (χ1n) is 13.3. The Morgan fingerprint density at radius 2 is 0.975 bits per heavy atom. The predicted octanol–water partition coefficient (Wildman–Crippen LogP) is 8.60. The molecular formula is C35H31N3OS. The minimum Gasteiger partial charge on any atom is -0.378 e. The number of fused-ring (bicyclic) bond motifs is 2. The number of amides is 1. The Bertz CT molecular complexity index is 1580. The van der Waals surface area contributed by atoms with E-state index in [1.54, 1.807) is 11.8 Å². The normalized spacial score (nSPS) is 11.9. The third kappa shape index (κ3) is 4.85. The number of carbonyl (C=O) groups excluding carboxylic acids is 1. The Morgan fingerprint density at radius 3 is 1.40 bits per heavy atom. The highest BCUT2D eigenvalue weighted by molar-refractivity contribution is 7.99. The number of anilines is 4. The molecule has 0 aromatic heterocycles. The molecular weight excluding hydrogens is 510 g/mol. The summed E-state index contributed by atoms with van der Waals surface area (Å²) in [5, 5.41) is 0. The van der Waals surface area contributed by atoms with Crippen LogP contribution in [0.4, 0.5) is 22.7 Å². The van der Waals surface area contributed by atoms with Crippen molar-refractivity contribution in [3.05, 3.63) is 121 Å². The van der Waals surface area contributed by atoms with E-state index in [-0.39, 0.29) is 5.91 Å². The maximum Gasteiger partial charge on any atom is 0.262 e. The van der Waals surface area contributed by atoms with Gasteiger partial charge in [0.05, 0.1) is 11.4 Å². The van der Waals surface area contributed by atoms with E-state index in [0.717, 1.165) is 54.8 Å². The molecule has 0 spiro atoms. The van der Waals surface area contributed by atoms with Crippen molar-refractivity contribution in [2.75, 3.05) is 42.9 Å². The van der Waals surface area contributed by atoms with Gasteiger partial charge in [-0.15, -0.1) is 0 Å². The van der Waals surface area contributed by atoms with Crippen LogP contribution < -0.4 is 14.7 Å². The third-order valence-electron chi connectivity index (χ3n) is 7.28. The molecule has 0 radical (unpaired) electrons. The second-order valence-corrected chi connectivity index (χ2v) is 11.4. The van der Waals surface area contributed by atoms with Crippen molar-refractivity contribution in [1.82, 2.24) is 0 Å². The average Bonchev–Trinajstić information content (AvgIpc) is 2.99. The number of nitrogens with zero attached hydrogens (tertiary/aromatic N) is 3. The van der Waals surface area contributed by atoms with Crippen LogP contribution in [0.2, 0.25) is 0 Å². The van der Waals surface area contributed by atoms with Gasteiger partial charge in [-0.3, -0.25) is 9.69 Å². The molecule has 0 saturated carbocycles. The monoisotopic (exact) mass is 541 g/mol. The molecule has 0 N–H and O–H groups in total. The first-order valence-corrected chi connectivity index (χ1v) is 14.1. The van der Waals surface area contributed by atoms with Gasteiger partial charge in [0.1, 0.15) is 0 Å². The number of rotatable bonds is 5. The highest BCUT2D eigenvalue weighted by Crippen LogP contribution is 2.50. The fourth-order valence-electron chi connectivity index (χ4n) is 5.00. The molecule has 4 nitrogen and oxygen atoms in total. The van der Waals surface area contributed by atoms with E-state index in [4.69, 9.17) is 0 Å². The SMILES string of the molecule is CN(C)c1ccc(-c2ccc3c(c2)Sc2cc(-c4ccc(N(C)C)cc4)ccc2N3C(=O)c2ccccc2)cc1. The zero-order valence-corrected chi connectivity index (χ0v) is 23.9. The van der Waals surface area contributed by atoms with Crippen LogP contribution >= 0.6 is 11.8 Å². The number of hydrogen-bond donors (Lipinski definition) is 0. The molecule has 1 amide bonds. The molecule has 5 aromatic carbocycles. The van der Waals surface area contributed by atoms with Crippen LogP contribution in [0.25, 0.3) is 22.3 Å². The van der Waals surface area contributed by atoms with Crippen molar-refractivity contribution < 1.29 is 4.79 Å². The van der Waals surface area contributed by atoms with Crippen molar-refractivity contribution >= 4 is 40.4 Å². The molecule has 1 aliphatic heterocycles. The summed E-state index contributed by atoms with van der Waals surface area (Å²) < 4.78 is 0. The van der Waals surface area contributed by atoms with E-state index in [0.29, 0.717) is 5.56 Å². The first-order chi connectivity index (χ1) is 19.4. The van der Waals surface area contributed by atoms with Crippen molar-refractivity contribution in [3.8, 4) is 22.3 Å². The van der Waals surface area contributed by atoms with Gasteiger partial charge >= 0.3 is 0 Å². The molecule has 0 bridgehead atoms. The Hall–Kier alpha value is -4.48. The molecule has 198 valence electrons. The predicted molar refractivity (Wildman–Crippen MR) is 169 cm³/mol. The highest BCUT2D eigenvalue weighted by Gasteiger charge is 2.29. The minimum absolute atomic E-state index is 0.0328. The van der Waals surface area contributed by atoms with Crippen LogP contribution in [0, 0.1) is 0 Å². The maximum atomic E-state index is 13.9. The molecule has 1 aliphatic rings. The van der Waals surface area contributed by atoms with Gasteiger partial charge in [-0.05, 0) is 82.9 Å². The summed E-state index contributed by atoms with van der Waals surface area (Å²) in [5.41, 5.74) is 9.35. The molecule has 0 fully saturated rings. The standard InChI is InChI=1S/C35H31N3OS/c1-36(2)29-16-10-24(11-17-29)27-14-20-31-33(22-27)40-34-23-28(25-12-18-30(19-13-25)37(3)4)15-21-32(34)38(31)35(39)26-8-6-5-7-9-26/h5-23H,1-4H3. The van der Waals surface area contributed by atoms with Crippen LogP contribution in [-0.2, 0) is 0 Å². The molecule has 0 atom stereocenters. The summed E-state index contributed by atoms with van der Waals surface area (Å²) in [6.45, 7) is 0. The largest absolute Gasteiger partial charge is 0.378 e. The Morgan fingerprint density at radius 1 is 0.550 bits per heavy atom. The lowest BCUT2D eigenvalue weighted by molar-refractivity contribution is 0.0998. The van der Waals surface area contributed by atoms with Crippen LogP contribution in [-0.4, -0.2) is 34.1 Å². The topological polar surface area (TPSA) is 26.8 Å². The minimum atomic E-state index is -0.0328. The van der Waals surface area contributed by atoms with E-state index < -0.39 is 0 Å². The summed E-state index contributed by atoms with van der Waals surface area (Å²) in [7, 11) is 8.19. The van der Waals surface area contributed by atoms with Gasteiger partial charge in [0.15, 0.2) is 0 Å². The van der Waals surface area contributed by atoms with Gasteiger partial charge in [0.2, 0.25) is 0 Å². The van der Waals surface area contributed by atoms with Crippen molar-refractivity contribution in [3.63, 3.8) is 0 Å². The Kier molecular flexibility index (Phi) is 6.82. The first kappa shape index (κ1) is 25.8. The van der Waals surface area contributed by atoms with Gasteiger partial charge in [0, 0.05) is 54.9 Å². The molecule has 0 unspecified atom stereocenters. The van der Waals surface area contributed by atoms with Crippen LogP contribution in [0.3, 0.4) is 0 Å². The summed E-state index contributed by atoms with van der Waals surface area (Å²) in [4.78, 5) is 22.1. The number of hydrogen-bond acceptors (Lipinski definition) is 4. The molecule has 5 aromatic rings. The number of carbonyl (C=O) groups is 1. The second kappa shape index (κ2) is 10.6. The van der Waals surface area contributed by atoms with Gasteiger partial charge in [-0.1, -0.05) is 66.4 Å². The smallest absolute Gasteiger partial charge is 0.262 e. The zero-order valence-electron chi connectivity index (χ0n) is 23.1. The summed E-state index contributed by atoms with van der Waals surface area (Å²) in [6.07, 6.45) is 0. The van der Waals surface area contributed by atoms with E-state index >= 15 is 0 Å². The lowest BCUT2D eigenvalue weighted by Crippen LogP contribution is -2.28. The van der Waals surface area contributed by atoms with Gasteiger partial charge in [0.25, 0.3) is 5.91 Å². The second-order valence-electron chi connectivity index (χ2n) is 10.4. The molecule has 40 heavy (non-hydrogen) atoms.